The van der Waals surface area contributed by atoms with Gasteiger partial charge in [-0.15, -0.1) is 0 Å². The molecule has 1 N–H and O–H groups in total. The molecule has 0 unspecified atom stereocenters. The molecule has 0 aromatic heterocycles. The number of aliphatic hydroxyl groups excluding tert-OH is 1. The van der Waals surface area contributed by atoms with Gasteiger partial charge in [-0.1, -0.05) is 84.2 Å². The number of aryl methyl sites for hydroxylation is 2. The van der Waals surface area contributed by atoms with Gasteiger partial charge >= 0.3 is 0 Å². The lowest BCUT2D eigenvalue weighted by Gasteiger charge is -2.11. The van der Waals surface area contributed by atoms with Gasteiger partial charge < -0.3 is 5.11 Å². The molecule has 0 heterocycles. The van der Waals surface area contributed by atoms with Crippen LogP contribution in [-0.4, -0.2) is 11.7 Å². The quantitative estimate of drug-likeness (QED) is 0.660. The number of rotatable bonds is 3. The van der Waals surface area contributed by atoms with Gasteiger partial charge in [0, 0.05) is 11.1 Å². The predicted octanol–water partition coefficient (Wildman–Crippen LogP) is 4.29. The summed E-state index contributed by atoms with van der Waals surface area (Å²) >= 11 is 0. The van der Waals surface area contributed by atoms with Gasteiger partial charge in [0.25, 0.3) is 0 Å². The summed E-state index contributed by atoms with van der Waals surface area (Å²) in [5, 5.41) is 8.98. The third-order valence-corrected chi connectivity index (χ3v) is 3.46. The molecule has 1 heteroatoms. The van der Waals surface area contributed by atoms with E-state index in [1.807, 2.05) is 0 Å². The first-order valence-electron chi connectivity index (χ1n) is 7.26. The fourth-order valence-corrected chi connectivity index (χ4v) is 2.27. The maximum absolute atomic E-state index is 8.98. The maximum Gasteiger partial charge on any atom is 0.104 e. The second-order valence-corrected chi connectivity index (χ2v) is 5.18. The second-order valence-electron chi connectivity index (χ2n) is 5.18. The van der Waals surface area contributed by atoms with Crippen LogP contribution in [0.5, 0.6) is 0 Å². The van der Waals surface area contributed by atoms with Crippen LogP contribution in [0.15, 0.2) is 66.8 Å². The van der Waals surface area contributed by atoms with Gasteiger partial charge in [-0.2, -0.15) is 0 Å². The third kappa shape index (κ3) is 3.75. The molecule has 2 rings (SSSR count). The number of benzene rings is 2. The lowest BCUT2D eigenvalue weighted by Crippen LogP contribution is -1.93. The van der Waals surface area contributed by atoms with Crippen LogP contribution in [0.3, 0.4) is 0 Å². The lowest BCUT2D eigenvalue weighted by molar-refractivity contribution is 0.350. The van der Waals surface area contributed by atoms with Crippen molar-refractivity contribution in [1.29, 1.82) is 0 Å². The fourth-order valence-electron chi connectivity index (χ4n) is 2.27. The van der Waals surface area contributed by atoms with Crippen molar-refractivity contribution in [2.45, 2.75) is 13.8 Å². The molecule has 0 atom stereocenters. The zero-order chi connectivity index (χ0) is 15.9. The molecule has 110 valence electrons. The summed E-state index contributed by atoms with van der Waals surface area (Å²) in [5.41, 5.74) is 6.48. The van der Waals surface area contributed by atoms with Gasteiger partial charge in [-0.25, -0.2) is 0 Å². The van der Waals surface area contributed by atoms with Gasteiger partial charge in [0.2, 0.25) is 0 Å². The molecule has 0 aliphatic heterocycles. The van der Waals surface area contributed by atoms with Crippen LogP contribution in [0.2, 0.25) is 0 Å². The molecule has 0 spiro atoms. The van der Waals surface area contributed by atoms with Crippen molar-refractivity contribution >= 4 is 5.57 Å². The van der Waals surface area contributed by atoms with Crippen LogP contribution < -0.4 is 0 Å². The summed E-state index contributed by atoms with van der Waals surface area (Å²) < 4.78 is 0. The average molecular weight is 288 g/mol. The van der Waals surface area contributed by atoms with Crippen molar-refractivity contribution in [1.82, 2.24) is 0 Å². The van der Waals surface area contributed by atoms with Crippen molar-refractivity contribution in [3.63, 3.8) is 0 Å². The summed E-state index contributed by atoms with van der Waals surface area (Å²) in [5.74, 6) is 5.73. The van der Waals surface area contributed by atoms with Gasteiger partial charge in [-0.05, 0) is 25.0 Å². The molecular formula is C21H20O. The maximum atomic E-state index is 8.98. The smallest absolute Gasteiger partial charge is 0.104 e. The van der Waals surface area contributed by atoms with Gasteiger partial charge in [0.15, 0.2) is 0 Å². The highest BCUT2D eigenvalue weighted by Gasteiger charge is 2.09. The van der Waals surface area contributed by atoms with E-state index in [4.69, 9.17) is 5.11 Å². The van der Waals surface area contributed by atoms with Gasteiger partial charge in [0.05, 0.1) is 0 Å². The van der Waals surface area contributed by atoms with E-state index in [0.717, 1.165) is 22.3 Å². The van der Waals surface area contributed by atoms with Gasteiger partial charge in [-0.3, -0.25) is 0 Å². The molecule has 0 radical (unpaired) electrons. The molecule has 2 aromatic carbocycles. The summed E-state index contributed by atoms with van der Waals surface area (Å²) in [4.78, 5) is 0. The summed E-state index contributed by atoms with van der Waals surface area (Å²) in [6, 6.07) is 16.7. The number of aliphatic hydroxyl groups is 1. The molecular weight excluding hydrogens is 268 g/mol. The van der Waals surface area contributed by atoms with Crippen molar-refractivity contribution in [2.75, 3.05) is 6.61 Å². The van der Waals surface area contributed by atoms with E-state index in [1.165, 1.54) is 11.1 Å². The Morgan fingerprint density at radius 3 is 1.77 bits per heavy atom. The van der Waals surface area contributed by atoms with Crippen molar-refractivity contribution in [3.05, 3.63) is 89.0 Å². The Morgan fingerprint density at radius 2 is 1.41 bits per heavy atom. The molecule has 2 aromatic rings. The summed E-state index contributed by atoms with van der Waals surface area (Å²) in [7, 11) is 0. The Kier molecular flexibility index (Phi) is 5.36. The Balaban J connectivity index is 2.67. The first kappa shape index (κ1) is 15.8. The minimum Gasteiger partial charge on any atom is -0.384 e. The zero-order valence-corrected chi connectivity index (χ0v) is 13.1. The van der Waals surface area contributed by atoms with Crippen LogP contribution in [0.4, 0.5) is 0 Å². The molecule has 0 fully saturated rings. The molecule has 0 aliphatic carbocycles. The average Bonchev–Trinajstić information content (AvgIpc) is 2.54. The molecule has 0 saturated heterocycles. The summed E-state index contributed by atoms with van der Waals surface area (Å²) in [6.07, 6.45) is 1.75. The molecule has 0 bridgehead atoms. The Hall–Kier alpha value is -2.56. The van der Waals surface area contributed by atoms with Crippen molar-refractivity contribution < 1.29 is 5.11 Å². The molecule has 0 aliphatic rings. The SMILES string of the molecule is C=CC(C#CCO)=C(c1ccc(C)cc1)c1ccc(C)cc1. The topological polar surface area (TPSA) is 20.2 Å². The normalized spacial score (nSPS) is 9.59. The molecule has 22 heavy (non-hydrogen) atoms. The van der Waals surface area contributed by atoms with Crippen molar-refractivity contribution in [3.8, 4) is 11.8 Å². The highest BCUT2D eigenvalue weighted by Crippen LogP contribution is 2.28. The number of hydrogen-bond acceptors (Lipinski definition) is 1. The van der Waals surface area contributed by atoms with E-state index in [-0.39, 0.29) is 6.61 Å². The zero-order valence-electron chi connectivity index (χ0n) is 13.1. The van der Waals surface area contributed by atoms with Crippen LogP contribution in [-0.2, 0) is 0 Å². The van der Waals surface area contributed by atoms with Crippen LogP contribution in [0.25, 0.3) is 5.57 Å². The Labute approximate surface area is 132 Å². The van der Waals surface area contributed by atoms with Crippen LogP contribution in [0.1, 0.15) is 22.3 Å². The standard InChI is InChI=1S/C21H20O/c1-4-18(6-5-15-22)21(19-11-7-16(2)8-12-19)20-13-9-17(3)10-14-20/h4,7-14,22H,1,15H2,2-3H3. The van der Waals surface area contributed by atoms with E-state index in [0.29, 0.717) is 0 Å². The van der Waals surface area contributed by atoms with E-state index in [2.05, 4.69) is 80.8 Å². The summed E-state index contributed by atoms with van der Waals surface area (Å²) in [6.45, 7) is 7.86. The highest BCUT2D eigenvalue weighted by atomic mass is 16.2. The van der Waals surface area contributed by atoms with E-state index < -0.39 is 0 Å². The monoisotopic (exact) mass is 288 g/mol. The Morgan fingerprint density at radius 1 is 0.955 bits per heavy atom. The van der Waals surface area contributed by atoms with E-state index in [1.54, 1.807) is 6.08 Å². The van der Waals surface area contributed by atoms with Crippen LogP contribution in [0, 0.1) is 25.7 Å². The largest absolute Gasteiger partial charge is 0.384 e. The van der Waals surface area contributed by atoms with E-state index in [9.17, 15) is 0 Å². The third-order valence-electron chi connectivity index (χ3n) is 3.46. The number of allylic oxidation sites excluding steroid dienone is 2. The van der Waals surface area contributed by atoms with Crippen LogP contribution >= 0.6 is 0 Å². The first-order valence-corrected chi connectivity index (χ1v) is 7.26. The van der Waals surface area contributed by atoms with E-state index >= 15 is 0 Å². The highest BCUT2D eigenvalue weighted by molar-refractivity contribution is 5.86. The fraction of sp³-hybridized carbons (Fsp3) is 0.143. The molecule has 0 amide bonds. The minimum absolute atomic E-state index is 0.160. The molecule has 1 nitrogen and oxygen atoms in total. The molecule has 0 saturated carbocycles. The minimum atomic E-state index is -0.160. The second kappa shape index (κ2) is 7.45. The number of hydrogen-bond donors (Lipinski definition) is 1. The van der Waals surface area contributed by atoms with Gasteiger partial charge in [0.1, 0.15) is 6.61 Å². The first-order chi connectivity index (χ1) is 10.7. The lowest BCUT2D eigenvalue weighted by atomic mass is 9.92. The predicted molar refractivity (Wildman–Crippen MR) is 93.4 cm³/mol. The van der Waals surface area contributed by atoms with Crippen molar-refractivity contribution in [2.24, 2.45) is 0 Å². The Bertz CT molecular complexity index is 688.